The summed E-state index contributed by atoms with van der Waals surface area (Å²) >= 11 is 6.10. The number of aromatic nitrogens is 2. The molecule has 0 unspecified atom stereocenters. The molecule has 0 saturated heterocycles. The molecule has 0 bridgehead atoms. The molecule has 0 aliphatic heterocycles. The summed E-state index contributed by atoms with van der Waals surface area (Å²) in [5, 5.41) is 0.702. The average molecular weight is 313 g/mol. The topological polar surface area (TPSA) is 27.1 Å². The molecule has 3 aromatic rings. The minimum absolute atomic E-state index is 0.610. The van der Waals surface area contributed by atoms with Gasteiger partial charge in [0.05, 0.1) is 7.11 Å². The van der Waals surface area contributed by atoms with E-state index in [-0.39, 0.29) is 0 Å². The molecule has 3 nitrogen and oxygen atoms in total. The van der Waals surface area contributed by atoms with Crippen LogP contribution in [0.2, 0.25) is 5.02 Å². The number of halogens is 1. The van der Waals surface area contributed by atoms with E-state index in [1.807, 2.05) is 48.3 Å². The van der Waals surface area contributed by atoms with E-state index in [0.29, 0.717) is 10.9 Å². The SMILES string of the molecule is COc1ncc(Cc2ccn(C)c2)cc1-c1cccc(Cl)c1. The van der Waals surface area contributed by atoms with E-state index < -0.39 is 0 Å². The van der Waals surface area contributed by atoms with Gasteiger partial charge in [0.15, 0.2) is 0 Å². The Morgan fingerprint density at radius 2 is 2.05 bits per heavy atom. The number of hydrogen-bond acceptors (Lipinski definition) is 2. The van der Waals surface area contributed by atoms with Gasteiger partial charge in [-0.3, -0.25) is 0 Å². The van der Waals surface area contributed by atoms with Crippen LogP contribution in [0.4, 0.5) is 0 Å². The molecule has 0 N–H and O–H groups in total. The van der Waals surface area contributed by atoms with Crippen molar-refractivity contribution in [1.82, 2.24) is 9.55 Å². The average Bonchev–Trinajstić information content (AvgIpc) is 2.92. The van der Waals surface area contributed by atoms with E-state index in [9.17, 15) is 0 Å². The molecule has 0 spiro atoms. The Bertz CT molecular complexity index is 795. The number of aryl methyl sites for hydroxylation is 1. The predicted molar refractivity (Wildman–Crippen MR) is 89.5 cm³/mol. The highest BCUT2D eigenvalue weighted by Gasteiger charge is 2.10. The van der Waals surface area contributed by atoms with Crippen molar-refractivity contribution >= 4 is 11.6 Å². The van der Waals surface area contributed by atoms with Crippen molar-refractivity contribution in [2.45, 2.75) is 6.42 Å². The second-order valence-corrected chi connectivity index (χ2v) is 5.71. The summed E-state index contributed by atoms with van der Waals surface area (Å²) in [5.41, 5.74) is 4.36. The van der Waals surface area contributed by atoms with Gasteiger partial charge < -0.3 is 9.30 Å². The number of benzene rings is 1. The molecular formula is C18H17ClN2O. The van der Waals surface area contributed by atoms with Gasteiger partial charge >= 0.3 is 0 Å². The van der Waals surface area contributed by atoms with Crippen LogP contribution in [0.5, 0.6) is 5.88 Å². The van der Waals surface area contributed by atoms with Crippen LogP contribution in [0.3, 0.4) is 0 Å². The zero-order chi connectivity index (χ0) is 15.5. The predicted octanol–water partition coefficient (Wildman–Crippen LogP) is 4.34. The Balaban J connectivity index is 1.99. The summed E-state index contributed by atoms with van der Waals surface area (Å²) in [4.78, 5) is 4.43. The fraction of sp³-hybridized carbons (Fsp3) is 0.167. The highest BCUT2D eigenvalue weighted by molar-refractivity contribution is 6.30. The third kappa shape index (κ3) is 3.15. The summed E-state index contributed by atoms with van der Waals surface area (Å²) in [6.07, 6.45) is 6.86. The van der Waals surface area contributed by atoms with Gasteiger partial charge in [-0.25, -0.2) is 4.98 Å². The second-order valence-electron chi connectivity index (χ2n) is 5.27. The van der Waals surface area contributed by atoms with Crippen molar-refractivity contribution in [3.8, 4) is 17.0 Å². The maximum absolute atomic E-state index is 6.10. The molecule has 0 fully saturated rings. The molecule has 1 aromatic carbocycles. The number of nitrogens with zero attached hydrogens (tertiary/aromatic N) is 2. The maximum Gasteiger partial charge on any atom is 0.221 e. The smallest absolute Gasteiger partial charge is 0.221 e. The molecule has 22 heavy (non-hydrogen) atoms. The minimum Gasteiger partial charge on any atom is -0.481 e. The van der Waals surface area contributed by atoms with Crippen molar-refractivity contribution in [3.05, 3.63) is 71.1 Å². The largest absolute Gasteiger partial charge is 0.481 e. The first-order valence-corrected chi connectivity index (χ1v) is 7.43. The summed E-state index contributed by atoms with van der Waals surface area (Å²) < 4.78 is 7.44. The standard InChI is InChI=1S/C18H17ClN2O/c1-21-7-6-13(12-21)8-14-9-17(18(22-2)20-11-14)15-4-3-5-16(19)10-15/h3-7,9-12H,8H2,1-2H3. The van der Waals surface area contributed by atoms with E-state index in [4.69, 9.17) is 16.3 Å². The molecule has 0 saturated carbocycles. The van der Waals surface area contributed by atoms with E-state index in [2.05, 4.69) is 23.3 Å². The third-order valence-corrected chi connectivity index (χ3v) is 3.77. The molecule has 2 heterocycles. The zero-order valence-corrected chi connectivity index (χ0v) is 13.3. The lowest BCUT2D eigenvalue weighted by molar-refractivity contribution is 0.399. The lowest BCUT2D eigenvalue weighted by Crippen LogP contribution is -1.95. The van der Waals surface area contributed by atoms with Gasteiger partial charge in [-0.05, 0) is 41.0 Å². The number of rotatable bonds is 4. The summed E-state index contributed by atoms with van der Waals surface area (Å²) in [6.45, 7) is 0. The molecule has 4 heteroatoms. The first-order valence-electron chi connectivity index (χ1n) is 7.05. The van der Waals surface area contributed by atoms with Crippen molar-refractivity contribution in [2.24, 2.45) is 7.05 Å². The first-order chi connectivity index (χ1) is 10.7. The van der Waals surface area contributed by atoms with E-state index in [1.165, 1.54) is 5.56 Å². The van der Waals surface area contributed by atoms with Crippen LogP contribution >= 0.6 is 11.6 Å². The molecule has 0 aliphatic carbocycles. The Hall–Kier alpha value is -2.26. The van der Waals surface area contributed by atoms with Crippen LogP contribution < -0.4 is 4.74 Å². The third-order valence-electron chi connectivity index (χ3n) is 3.54. The summed E-state index contributed by atoms with van der Waals surface area (Å²) in [6, 6.07) is 12.0. The van der Waals surface area contributed by atoms with Gasteiger partial charge in [0.1, 0.15) is 0 Å². The number of hydrogen-bond donors (Lipinski definition) is 0. The van der Waals surface area contributed by atoms with Gasteiger partial charge in [-0.2, -0.15) is 0 Å². The second kappa shape index (κ2) is 6.24. The molecule has 3 rings (SSSR count). The maximum atomic E-state index is 6.10. The van der Waals surface area contributed by atoms with Gasteiger partial charge in [0.2, 0.25) is 5.88 Å². The van der Waals surface area contributed by atoms with Crippen LogP contribution in [-0.4, -0.2) is 16.7 Å². The molecule has 0 amide bonds. The lowest BCUT2D eigenvalue weighted by atomic mass is 10.0. The first kappa shape index (κ1) is 14.7. The Morgan fingerprint density at radius 1 is 1.18 bits per heavy atom. The minimum atomic E-state index is 0.610. The van der Waals surface area contributed by atoms with E-state index in [0.717, 1.165) is 23.1 Å². The molecule has 0 atom stereocenters. The normalized spacial score (nSPS) is 10.7. The Kier molecular flexibility index (Phi) is 4.16. The van der Waals surface area contributed by atoms with E-state index in [1.54, 1.807) is 7.11 Å². The number of pyridine rings is 1. The Morgan fingerprint density at radius 3 is 2.73 bits per heavy atom. The molecule has 0 radical (unpaired) electrons. The molecule has 112 valence electrons. The van der Waals surface area contributed by atoms with Crippen LogP contribution in [0.15, 0.2) is 55.0 Å². The van der Waals surface area contributed by atoms with Crippen molar-refractivity contribution < 1.29 is 4.74 Å². The lowest BCUT2D eigenvalue weighted by Gasteiger charge is -2.10. The Labute approximate surface area is 135 Å². The molecule has 2 aromatic heterocycles. The highest BCUT2D eigenvalue weighted by Crippen LogP contribution is 2.31. The molecular weight excluding hydrogens is 296 g/mol. The van der Waals surface area contributed by atoms with Crippen molar-refractivity contribution in [2.75, 3.05) is 7.11 Å². The van der Waals surface area contributed by atoms with Gasteiger partial charge in [0.25, 0.3) is 0 Å². The van der Waals surface area contributed by atoms with Crippen LogP contribution in [-0.2, 0) is 13.5 Å². The zero-order valence-electron chi connectivity index (χ0n) is 12.6. The number of methoxy groups -OCH3 is 1. The van der Waals surface area contributed by atoms with E-state index >= 15 is 0 Å². The monoisotopic (exact) mass is 312 g/mol. The van der Waals surface area contributed by atoms with Crippen molar-refractivity contribution in [1.29, 1.82) is 0 Å². The van der Waals surface area contributed by atoms with Gasteiger partial charge in [0, 0.05) is 42.6 Å². The van der Waals surface area contributed by atoms with Gasteiger partial charge in [-0.1, -0.05) is 23.7 Å². The molecule has 0 aliphatic rings. The van der Waals surface area contributed by atoms with Crippen LogP contribution in [0.25, 0.3) is 11.1 Å². The van der Waals surface area contributed by atoms with Crippen molar-refractivity contribution in [3.63, 3.8) is 0 Å². The quantitative estimate of drug-likeness (QED) is 0.716. The van der Waals surface area contributed by atoms with Crippen LogP contribution in [0.1, 0.15) is 11.1 Å². The number of ether oxygens (including phenoxy) is 1. The van der Waals surface area contributed by atoms with Crippen LogP contribution in [0, 0.1) is 0 Å². The summed E-state index contributed by atoms with van der Waals surface area (Å²) in [7, 11) is 3.65. The fourth-order valence-corrected chi connectivity index (χ4v) is 2.71. The van der Waals surface area contributed by atoms with Gasteiger partial charge in [-0.15, -0.1) is 0 Å². The highest BCUT2D eigenvalue weighted by atomic mass is 35.5. The summed E-state index contributed by atoms with van der Waals surface area (Å²) in [5.74, 6) is 0.610. The fourth-order valence-electron chi connectivity index (χ4n) is 2.52.